The predicted molar refractivity (Wildman–Crippen MR) is 140 cm³/mol. The highest BCUT2D eigenvalue weighted by atomic mass is 32.2. The lowest BCUT2D eigenvalue weighted by Gasteiger charge is -2.13. The number of hydrogen-bond donors (Lipinski definition) is 0. The minimum atomic E-state index is -0.558. The van der Waals surface area contributed by atoms with Crippen molar-refractivity contribution in [1.29, 1.82) is 0 Å². The summed E-state index contributed by atoms with van der Waals surface area (Å²) in [4.78, 5) is 39.6. The monoisotopic (exact) mass is 513 g/mol. The molecule has 5 rings (SSSR count). The van der Waals surface area contributed by atoms with Gasteiger partial charge in [0.15, 0.2) is 11.5 Å². The number of halogens is 1. The summed E-state index contributed by atoms with van der Waals surface area (Å²) in [5.41, 5.74) is 1.18. The molecule has 2 amide bonds. The van der Waals surface area contributed by atoms with E-state index >= 15 is 0 Å². The molecule has 0 aromatic heterocycles. The van der Waals surface area contributed by atoms with E-state index in [1.807, 2.05) is 30.3 Å². The number of methoxy groups -OCH3 is 1. The van der Waals surface area contributed by atoms with Crippen LogP contribution in [0.3, 0.4) is 0 Å². The Morgan fingerprint density at radius 2 is 1.70 bits per heavy atom. The summed E-state index contributed by atoms with van der Waals surface area (Å²) >= 11 is 0.767. The van der Waals surface area contributed by atoms with Crippen LogP contribution in [0.5, 0.6) is 11.5 Å². The van der Waals surface area contributed by atoms with Gasteiger partial charge in [0.25, 0.3) is 11.1 Å². The van der Waals surface area contributed by atoms with Crippen LogP contribution in [-0.4, -0.2) is 29.1 Å². The molecule has 37 heavy (non-hydrogen) atoms. The van der Waals surface area contributed by atoms with Crippen molar-refractivity contribution in [2.75, 3.05) is 7.11 Å². The highest BCUT2D eigenvalue weighted by Gasteiger charge is 2.35. The van der Waals surface area contributed by atoms with Gasteiger partial charge in [0, 0.05) is 5.56 Å². The van der Waals surface area contributed by atoms with E-state index in [2.05, 4.69) is 0 Å². The van der Waals surface area contributed by atoms with Gasteiger partial charge in [-0.15, -0.1) is 0 Å². The van der Waals surface area contributed by atoms with Crippen LogP contribution in [0.4, 0.5) is 9.18 Å². The lowest BCUT2D eigenvalue weighted by atomic mass is 10.0. The van der Waals surface area contributed by atoms with Crippen molar-refractivity contribution in [2.24, 2.45) is 0 Å². The van der Waals surface area contributed by atoms with Crippen LogP contribution in [0.2, 0.25) is 0 Å². The molecule has 1 fully saturated rings. The van der Waals surface area contributed by atoms with Gasteiger partial charge in [-0.25, -0.2) is 9.18 Å². The lowest BCUT2D eigenvalue weighted by molar-refractivity contribution is -0.123. The zero-order valence-electron chi connectivity index (χ0n) is 19.6. The Labute approximate surface area is 216 Å². The molecule has 1 heterocycles. The summed E-state index contributed by atoms with van der Waals surface area (Å²) in [5, 5.41) is 1.17. The number of esters is 1. The maximum Gasteiger partial charge on any atom is 0.344 e. The second-order valence-corrected chi connectivity index (χ2v) is 9.18. The molecule has 0 saturated carbocycles. The molecule has 1 aliphatic heterocycles. The molecular formula is C29H20FNO5S. The van der Waals surface area contributed by atoms with Gasteiger partial charge in [-0.05, 0) is 58.4 Å². The molecule has 0 N–H and O–H groups in total. The Hall–Kier alpha value is -4.43. The van der Waals surface area contributed by atoms with Gasteiger partial charge >= 0.3 is 5.97 Å². The second-order valence-electron chi connectivity index (χ2n) is 8.19. The van der Waals surface area contributed by atoms with Crippen molar-refractivity contribution in [1.82, 2.24) is 4.90 Å². The number of fused-ring (bicyclic) bond motifs is 1. The third-order valence-electron chi connectivity index (χ3n) is 5.86. The molecular weight excluding hydrogens is 493 g/mol. The molecule has 0 spiro atoms. The van der Waals surface area contributed by atoms with E-state index in [0.29, 0.717) is 16.9 Å². The second kappa shape index (κ2) is 10.3. The van der Waals surface area contributed by atoms with E-state index < -0.39 is 22.9 Å². The zero-order valence-corrected chi connectivity index (χ0v) is 20.5. The van der Waals surface area contributed by atoms with E-state index in [0.717, 1.165) is 27.4 Å². The standard InChI is InChI=1S/C29H20FNO5S/c1-35-24-14-13-18(15-25(24)36-28(33)22-11-6-9-19-7-2-4-10-21(19)22)16-26-27(32)31(29(34)37-26)17-20-8-3-5-12-23(20)30/h2-16H,17H2,1H3/b26-16-. The first-order valence-electron chi connectivity index (χ1n) is 11.3. The van der Waals surface area contributed by atoms with Gasteiger partial charge in [-0.2, -0.15) is 0 Å². The van der Waals surface area contributed by atoms with Crippen molar-refractivity contribution in [3.05, 3.63) is 112 Å². The number of rotatable bonds is 6. The lowest BCUT2D eigenvalue weighted by Crippen LogP contribution is -2.27. The van der Waals surface area contributed by atoms with E-state index in [4.69, 9.17) is 9.47 Å². The molecule has 0 unspecified atom stereocenters. The first-order valence-corrected chi connectivity index (χ1v) is 12.1. The summed E-state index contributed by atoms with van der Waals surface area (Å²) in [5.74, 6) is -1.07. The predicted octanol–water partition coefficient (Wildman–Crippen LogP) is 6.44. The smallest absolute Gasteiger partial charge is 0.344 e. The molecule has 6 nitrogen and oxygen atoms in total. The Morgan fingerprint density at radius 1 is 0.946 bits per heavy atom. The van der Waals surface area contributed by atoms with Crippen molar-refractivity contribution < 1.29 is 28.2 Å². The Bertz CT molecular complexity index is 1580. The fourth-order valence-electron chi connectivity index (χ4n) is 4.01. The fourth-order valence-corrected chi connectivity index (χ4v) is 4.84. The first kappa shape index (κ1) is 24.3. The van der Waals surface area contributed by atoms with Crippen LogP contribution in [0.25, 0.3) is 16.8 Å². The Morgan fingerprint density at radius 3 is 2.51 bits per heavy atom. The van der Waals surface area contributed by atoms with Gasteiger partial charge in [-0.3, -0.25) is 14.5 Å². The first-order chi connectivity index (χ1) is 17.9. The number of carbonyl (C=O) groups is 3. The normalized spacial score (nSPS) is 14.4. The fraction of sp³-hybridized carbons (Fsp3) is 0.0690. The van der Waals surface area contributed by atoms with Gasteiger partial charge in [0.05, 0.1) is 24.1 Å². The van der Waals surface area contributed by atoms with Gasteiger partial charge in [0.1, 0.15) is 5.82 Å². The van der Waals surface area contributed by atoms with Crippen molar-refractivity contribution >= 4 is 45.7 Å². The van der Waals surface area contributed by atoms with Crippen LogP contribution in [0.15, 0.2) is 89.8 Å². The third-order valence-corrected chi connectivity index (χ3v) is 6.76. The van der Waals surface area contributed by atoms with Crippen LogP contribution in [0.1, 0.15) is 21.5 Å². The largest absolute Gasteiger partial charge is 0.493 e. The molecule has 4 aromatic carbocycles. The Balaban J connectivity index is 1.40. The highest BCUT2D eigenvalue weighted by Crippen LogP contribution is 2.36. The van der Waals surface area contributed by atoms with E-state index in [1.54, 1.807) is 42.5 Å². The summed E-state index contributed by atoms with van der Waals surface area (Å²) < 4.78 is 25.1. The van der Waals surface area contributed by atoms with Crippen LogP contribution in [-0.2, 0) is 11.3 Å². The molecule has 0 radical (unpaired) electrons. The minimum absolute atomic E-state index is 0.162. The number of nitrogens with zero attached hydrogens (tertiary/aromatic N) is 1. The summed E-state index contributed by atoms with van der Waals surface area (Å²) in [6.45, 7) is -0.162. The van der Waals surface area contributed by atoms with E-state index in [-0.39, 0.29) is 22.8 Å². The Kier molecular flexibility index (Phi) is 6.74. The number of carbonyl (C=O) groups excluding carboxylic acids is 3. The average molecular weight is 514 g/mol. The molecule has 184 valence electrons. The molecule has 0 bridgehead atoms. The van der Waals surface area contributed by atoms with Crippen molar-refractivity contribution in [2.45, 2.75) is 6.54 Å². The van der Waals surface area contributed by atoms with Gasteiger partial charge in [-0.1, -0.05) is 60.7 Å². The number of ether oxygens (including phenoxy) is 2. The number of thioether (sulfide) groups is 1. The van der Waals surface area contributed by atoms with Crippen molar-refractivity contribution in [3.63, 3.8) is 0 Å². The molecule has 0 atom stereocenters. The van der Waals surface area contributed by atoms with Crippen LogP contribution >= 0.6 is 11.8 Å². The maximum atomic E-state index is 14.0. The van der Waals surface area contributed by atoms with Gasteiger partial charge < -0.3 is 9.47 Å². The molecule has 0 aliphatic carbocycles. The molecule has 4 aromatic rings. The van der Waals surface area contributed by atoms with Crippen LogP contribution < -0.4 is 9.47 Å². The van der Waals surface area contributed by atoms with Crippen LogP contribution in [0, 0.1) is 5.82 Å². The van der Waals surface area contributed by atoms with E-state index in [9.17, 15) is 18.8 Å². The van der Waals surface area contributed by atoms with Gasteiger partial charge in [0.2, 0.25) is 0 Å². The van der Waals surface area contributed by atoms with Crippen molar-refractivity contribution in [3.8, 4) is 11.5 Å². The highest BCUT2D eigenvalue weighted by molar-refractivity contribution is 8.18. The minimum Gasteiger partial charge on any atom is -0.493 e. The maximum absolute atomic E-state index is 14.0. The number of benzene rings is 4. The number of hydrogen-bond acceptors (Lipinski definition) is 6. The molecule has 1 aliphatic rings. The molecule has 1 saturated heterocycles. The quantitative estimate of drug-likeness (QED) is 0.168. The summed E-state index contributed by atoms with van der Waals surface area (Å²) in [6, 6.07) is 23.7. The topological polar surface area (TPSA) is 72.9 Å². The number of amides is 2. The van der Waals surface area contributed by atoms with E-state index in [1.165, 1.54) is 25.3 Å². The summed E-state index contributed by atoms with van der Waals surface area (Å²) in [7, 11) is 1.46. The summed E-state index contributed by atoms with van der Waals surface area (Å²) in [6.07, 6.45) is 1.53. The molecule has 8 heteroatoms. The zero-order chi connectivity index (χ0) is 25.9. The number of imide groups is 1. The average Bonchev–Trinajstić information content (AvgIpc) is 3.17. The SMILES string of the molecule is COc1ccc(/C=C2\SC(=O)N(Cc3ccccc3F)C2=O)cc1OC(=O)c1cccc2ccccc12. The third kappa shape index (κ3) is 4.96.